The molecule has 0 radical (unpaired) electrons. The molecule has 1 aromatic rings. The van der Waals surface area contributed by atoms with E-state index in [0.29, 0.717) is 24.5 Å². The summed E-state index contributed by atoms with van der Waals surface area (Å²) in [5.74, 6) is 0.372. The molecule has 0 unspecified atom stereocenters. The highest BCUT2D eigenvalue weighted by atomic mass is 16.5. The van der Waals surface area contributed by atoms with Gasteiger partial charge in [-0.2, -0.15) is 0 Å². The molecule has 0 saturated carbocycles. The van der Waals surface area contributed by atoms with Crippen molar-refractivity contribution >= 4 is 17.8 Å². The molecule has 1 aromatic carbocycles. The molecular formula is C24H29NO6. The lowest BCUT2D eigenvalue weighted by Gasteiger charge is -2.56. The van der Waals surface area contributed by atoms with Gasteiger partial charge in [-0.25, -0.2) is 4.79 Å². The van der Waals surface area contributed by atoms with Crippen molar-refractivity contribution in [1.29, 1.82) is 0 Å². The van der Waals surface area contributed by atoms with Gasteiger partial charge >= 0.3 is 5.97 Å². The van der Waals surface area contributed by atoms with Crippen LogP contribution in [0.5, 0.6) is 11.5 Å². The normalized spacial score (nSPS) is 27.4. The summed E-state index contributed by atoms with van der Waals surface area (Å²) in [4.78, 5) is 27.1. The second-order valence-electron chi connectivity index (χ2n) is 8.47. The number of hydrogen-bond donors (Lipinski definition) is 1. The lowest BCUT2D eigenvalue weighted by Crippen LogP contribution is -2.60. The average molecular weight is 427 g/mol. The Morgan fingerprint density at radius 1 is 1.35 bits per heavy atom. The van der Waals surface area contributed by atoms with Crippen LogP contribution in [0.4, 0.5) is 0 Å². The van der Waals surface area contributed by atoms with Crippen molar-refractivity contribution in [3.05, 3.63) is 40.7 Å². The molecule has 3 aliphatic rings. The molecular weight excluding hydrogens is 398 g/mol. The van der Waals surface area contributed by atoms with Crippen molar-refractivity contribution in [3.63, 3.8) is 0 Å². The number of aromatic hydroxyl groups is 1. The maximum Gasteiger partial charge on any atom is 0.330 e. The van der Waals surface area contributed by atoms with Crippen LogP contribution in [0.2, 0.25) is 0 Å². The fraction of sp³-hybridized carbons (Fsp3) is 0.500. The molecule has 1 fully saturated rings. The van der Waals surface area contributed by atoms with E-state index < -0.39 is 11.4 Å². The predicted octanol–water partition coefficient (Wildman–Crippen LogP) is 2.59. The Morgan fingerprint density at radius 3 is 2.81 bits per heavy atom. The number of Topliss-reactive ketones (excluding diaryl/α,β-unsaturated/α-hetero) is 1. The van der Waals surface area contributed by atoms with Gasteiger partial charge in [-0.3, -0.25) is 4.79 Å². The number of likely N-dealkylation sites (N-methyl/N-ethyl adjacent to an activating group) is 1. The number of rotatable bonds is 5. The lowest BCUT2D eigenvalue weighted by atomic mass is 9.53. The number of hydrogen-bond acceptors (Lipinski definition) is 7. The Balaban J connectivity index is 1.94. The molecule has 3 atom stereocenters. The quantitative estimate of drug-likeness (QED) is 0.571. The number of benzene rings is 1. The van der Waals surface area contributed by atoms with Crippen LogP contribution in [0.3, 0.4) is 0 Å². The zero-order chi connectivity index (χ0) is 22.3. The molecule has 166 valence electrons. The van der Waals surface area contributed by atoms with Crippen molar-refractivity contribution in [2.24, 2.45) is 5.92 Å². The fourth-order valence-corrected chi connectivity index (χ4v) is 5.63. The number of ether oxygens (including phenoxy) is 3. The average Bonchev–Trinajstić information content (AvgIpc) is 2.75. The van der Waals surface area contributed by atoms with Gasteiger partial charge in [0, 0.05) is 35.4 Å². The first-order chi connectivity index (χ1) is 14.9. The Morgan fingerprint density at radius 2 is 2.13 bits per heavy atom. The number of allylic oxidation sites excluding steroid dienone is 1. The van der Waals surface area contributed by atoms with Gasteiger partial charge in [0.2, 0.25) is 0 Å². The van der Waals surface area contributed by atoms with E-state index in [9.17, 15) is 14.7 Å². The second kappa shape index (κ2) is 8.04. The van der Waals surface area contributed by atoms with Gasteiger partial charge in [0.25, 0.3) is 0 Å². The van der Waals surface area contributed by atoms with Crippen molar-refractivity contribution in [2.75, 3.05) is 34.4 Å². The summed E-state index contributed by atoms with van der Waals surface area (Å²) in [5, 5.41) is 11.2. The highest BCUT2D eigenvalue weighted by molar-refractivity contribution is 5.96. The molecule has 4 rings (SSSR count). The number of methoxy groups -OCH3 is 2. The van der Waals surface area contributed by atoms with Crippen LogP contribution in [0.1, 0.15) is 36.5 Å². The maximum absolute atomic E-state index is 12.9. The Kier molecular flexibility index (Phi) is 5.56. The van der Waals surface area contributed by atoms with E-state index in [1.54, 1.807) is 19.1 Å². The number of carbonyl (C=O) groups is 2. The topological polar surface area (TPSA) is 85.3 Å². The summed E-state index contributed by atoms with van der Waals surface area (Å²) in [6.45, 7) is 2.89. The van der Waals surface area contributed by atoms with E-state index in [0.717, 1.165) is 29.7 Å². The van der Waals surface area contributed by atoms with E-state index in [2.05, 4.69) is 11.9 Å². The first kappa shape index (κ1) is 21.4. The van der Waals surface area contributed by atoms with Crippen LogP contribution < -0.4 is 4.74 Å². The van der Waals surface area contributed by atoms with Gasteiger partial charge in [-0.05, 0) is 62.7 Å². The van der Waals surface area contributed by atoms with Crippen LogP contribution in [-0.4, -0.2) is 62.2 Å². The first-order valence-electron chi connectivity index (χ1n) is 10.6. The monoisotopic (exact) mass is 427 g/mol. The summed E-state index contributed by atoms with van der Waals surface area (Å²) < 4.78 is 15.9. The van der Waals surface area contributed by atoms with Crippen molar-refractivity contribution < 1.29 is 28.9 Å². The van der Waals surface area contributed by atoms with E-state index >= 15 is 0 Å². The third-order valence-electron chi connectivity index (χ3n) is 7.05. The number of esters is 1. The smallest absolute Gasteiger partial charge is 0.330 e. The van der Waals surface area contributed by atoms with Crippen LogP contribution in [-0.2, 0) is 30.9 Å². The number of phenols is 1. The molecule has 1 aliphatic heterocycles. The number of piperidine rings is 1. The molecule has 1 saturated heterocycles. The summed E-state index contributed by atoms with van der Waals surface area (Å²) in [7, 11) is 5.12. The highest BCUT2D eigenvalue weighted by Crippen LogP contribution is 2.58. The number of likely N-dealkylation sites (tertiary alicyclic amines) is 1. The summed E-state index contributed by atoms with van der Waals surface area (Å²) >= 11 is 0. The molecule has 1 N–H and O–H groups in total. The first-order valence-corrected chi connectivity index (χ1v) is 10.6. The van der Waals surface area contributed by atoms with Crippen LogP contribution in [0.25, 0.3) is 6.08 Å². The molecule has 7 nitrogen and oxygen atoms in total. The van der Waals surface area contributed by atoms with Crippen molar-refractivity contribution in [1.82, 2.24) is 4.90 Å². The van der Waals surface area contributed by atoms with Gasteiger partial charge in [0.05, 0.1) is 20.8 Å². The van der Waals surface area contributed by atoms with Crippen LogP contribution in [0, 0.1) is 5.92 Å². The maximum atomic E-state index is 12.9. The molecule has 2 aliphatic carbocycles. The zero-order valence-electron chi connectivity index (χ0n) is 18.4. The number of ketones is 1. The molecule has 0 amide bonds. The minimum Gasteiger partial charge on any atom is -0.504 e. The Labute approximate surface area is 182 Å². The Bertz CT molecular complexity index is 981. The van der Waals surface area contributed by atoms with Gasteiger partial charge in [-0.1, -0.05) is 0 Å². The number of nitrogens with zero attached hydrogens (tertiary/aromatic N) is 1. The summed E-state index contributed by atoms with van der Waals surface area (Å²) in [6, 6.07) is 1.90. The van der Waals surface area contributed by atoms with E-state index in [4.69, 9.17) is 14.2 Å². The number of fused-ring (bicyclic) bond motifs is 1. The predicted molar refractivity (Wildman–Crippen MR) is 115 cm³/mol. The standard InChI is InChI=1S/C24H29NO6/c1-5-31-21(27)7-6-14-10-20(30-4)23(28)22-15(14)11-17-16-12-19(29-3)18(26)13-24(16,22)8-9-25(17)2/h6-7,10,12,16-17,28H,5,8-9,11,13H2,1-4H3/b7-6+/t16-,17+,24-/m0/s1. The van der Waals surface area contributed by atoms with Gasteiger partial charge in [0.15, 0.2) is 23.0 Å². The van der Waals surface area contributed by atoms with E-state index in [1.807, 2.05) is 6.08 Å². The lowest BCUT2D eigenvalue weighted by molar-refractivity contribution is -0.137. The third kappa shape index (κ3) is 3.31. The van der Waals surface area contributed by atoms with Gasteiger partial charge < -0.3 is 24.2 Å². The summed E-state index contributed by atoms with van der Waals surface area (Å²) in [6.07, 6.45) is 6.75. The van der Waals surface area contributed by atoms with Gasteiger partial charge in [-0.15, -0.1) is 0 Å². The van der Waals surface area contributed by atoms with Crippen molar-refractivity contribution in [2.45, 2.75) is 37.6 Å². The van der Waals surface area contributed by atoms with Crippen LogP contribution >= 0.6 is 0 Å². The molecule has 1 heterocycles. The highest BCUT2D eigenvalue weighted by Gasteiger charge is 2.57. The van der Waals surface area contributed by atoms with E-state index in [-0.39, 0.29) is 29.9 Å². The van der Waals surface area contributed by atoms with Gasteiger partial charge in [0.1, 0.15) is 0 Å². The minimum atomic E-state index is -0.533. The molecule has 2 bridgehead atoms. The third-order valence-corrected chi connectivity index (χ3v) is 7.05. The fourth-order valence-electron chi connectivity index (χ4n) is 5.63. The second-order valence-corrected chi connectivity index (χ2v) is 8.47. The largest absolute Gasteiger partial charge is 0.504 e. The zero-order valence-corrected chi connectivity index (χ0v) is 18.4. The molecule has 31 heavy (non-hydrogen) atoms. The molecule has 7 heteroatoms. The van der Waals surface area contributed by atoms with Crippen molar-refractivity contribution in [3.8, 4) is 11.5 Å². The minimum absolute atomic E-state index is 0.0336. The molecule has 0 aromatic heterocycles. The van der Waals surface area contributed by atoms with E-state index in [1.165, 1.54) is 20.3 Å². The molecule has 0 spiro atoms. The summed E-state index contributed by atoms with van der Waals surface area (Å²) in [5.41, 5.74) is 1.98. The Hall–Kier alpha value is -2.80. The SMILES string of the molecule is CCOC(=O)/C=C/c1cc(OC)c(O)c2c1C[C@@H]1[C@@H]3C=C(OC)C(=O)C[C@]23CCN1C. The van der Waals surface area contributed by atoms with Crippen LogP contribution in [0.15, 0.2) is 24.0 Å². The number of carbonyl (C=O) groups excluding carboxylic acids is 2. The number of phenolic OH excluding ortho intramolecular Hbond substituents is 1.